The first-order valence-electron chi connectivity index (χ1n) is 8.22. The molecule has 6 heteroatoms. The smallest absolute Gasteiger partial charge is 0.363 e. The Morgan fingerprint density at radius 2 is 1.96 bits per heavy atom. The average molecular weight is 424 g/mol. The van der Waals surface area contributed by atoms with Crippen molar-refractivity contribution in [3.63, 3.8) is 0 Å². The Morgan fingerprint density at radius 1 is 1.07 bits per heavy atom. The van der Waals surface area contributed by atoms with Crippen molar-refractivity contribution in [2.45, 2.75) is 6.61 Å². The van der Waals surface area contributed by atoms with Crippen molar-refractivity contribution in [3.05, 3.63) is 94.0 Å². The molecule has 0 bridgehead atoms. The fourth-order valence-corrected chi connectivity index (χ4v) is 3.03. The monoisotopic (exact) mass is 423 g/mol. The van der Waals surface area contributed by atoms with Gasteiger partial charge in [0.05, 0.1) is 6.26 Å². The molecule has 1 aliphatic rings. The Hall–Kier alpha value is -3.12. The lowest BCUT2D eigenvalue weighted by molar-refractivity contribution is -0.130. The van der Waals surface area contributed by atoms with Crippen LogP contribution in [0, 0.1) is 0 Å². The summed E-state index contributed by atoms with van der Waals surface area (Å²) in [6, 6.07) is 18.7. The van der Waals surface area contributed by atoms with Gasteiger partial charge in [-0.25, -0.2) is 9.79 Å². The SMILES string of the molecule is O=C1OC(c2ccco2)=N/C1=C\c1ccccc1OCc1cccc(Br)c1. The second kappa shape index (κ2) is 7.63. The third-order valence-corrected chi connectivity index (χ3v) is 4.34. The van der Waals surface area contributed by atoms with Crippen LogP contribution in [0.1, 0.15) is 16.9 Å². The highest BCUT2D eigenvalue weighted by molar-refractivity contribution is 9.10. The molecule has 0 saturated heterocycles. The van der Waals surface area contributed by atoms with E-state index in [1.165, 1.54) is 6.26 Å². The van der Waals surface area contributed by atoms with Gasteiger partial charge in [-0.05, 0) is 42.0 Å². The van der Waals surface area contributed by atoms with E-state index in [-0.39, 0.29) is 11.6 Å². The molecule has 0 aliphatic carbocycles. The van der Waals surface area contributed by atoms with Crippen molar-refractivity contribution in [3.8, 4) is 5.75 Å². The van der Waals surface area contributed by atoms with E-state index in [0.717, 1.165) is 15.6 Å². The molecule has 4 rings (SSSR count). The minimum absolute atomic E-state index is 0.156. The van der Waals surface area contributed by atoms with Crippen LogP contribution in [0.15, 0.2) is 86.5 Å². The number of carbonyl (C=O) groups is 1. The van der Waals surface area contributed by atoms with Crippen LogP contribution in [0.2, 0.25) is 0 Å². The highest BCUT2D eigenvalue weighted by Gasteiger charge is 2.26. The van der Waals surface area contributed by atoms with Gasteiger partial charge >= 0.3 is 5.97 Å². The molecule has 0 spiro atoms. The number of aliphatic imine (C=N–C) groups is 1. The van der Waals surface area contributed by atoms with Crippen molar-refractivity contribution in [1.29, 1.82) is 0 Å². The number of hydrogen-bond acceptors (Lipinski definition) is 5. The number of nitrogens with zero attached hydrogens (tertiary/aromatic N) is 1. The number of rotatable bonds is 5. The van der Waals surface area contributed by atoms with Crippen LogP contribution in [0.5, 0.6) is 5.75 Å². The van der Waals surface area contributed by atoms with E-state index in [1.807, 2.05) is 48.5 Å². The Bertz CT molecular complexity index is 1040. The zero-order valence-corrected chi connectivity index (χ0v) is 15.7. The van der Waals surface area contributed by atoms with Gasteiger partial charge < -0.3 is 13.9 Å². The van der Waals surface area contributed by atoms with E-state index in [9.17, 15) is 4.79 Å². The van der Waals surface area contributed by atoms with Crippen LogP contribution in [-0.2, 0) is 16.1 Å². The van der Waals surface area contributed by atoms with Crippen molar-refractivity contribution >= 4 is 33.9 Å². The van der Waals surface area contributed by atoms with E-state index in [1.54, 1.807) is 18.2 Å². The molecule has 2 heterocycles. The highest BCUT2D eigenvalue weighted by Crippen LogP contribution is 2.25. The van der Waals surface area contributed by atoms with Gasteiger partial charge in [-0.2, -0.15) is 0 Å². The van der Waals surface area contributed by atoms with Gasteiger partial charge in [-0.15, -0.1) is 0 Å². The predicted octanol–water partition coefficient (Wildman–Crippen LogP) is 4.97. The lowest BCUT2D eigenvalue weighted by atomic mass is 10.1. The summed E-state index contributed by atoms with van der Waals surface area (Å²) in [7, 11) is 0. The van der Waals surface area contributed by atoms with Crippen LogP contribution in [-0.4, -0.2) is 11.9 Å². The molecule has 0 amide bonds. The number of para-hydroxylation sites is 1. The van der Waals surface area contributed by atoms with Gasteiger partial charge in [0, 0.05) is 10.0 Å². The quantitative estimate of drug-likeness (QED) is 0.429. The zero-order chi connectivity index (χ0) is 18.6. The van der Waals surface area contributed by atoms with E-state index in [4.69, 9.17) is 13.9 Å². The van der Waals surface area contributed by atoms with Crippen LogP contribution >= 0.6 is 15.9 Å². The summed E-state index contributed by atoms with van der Waals surface area (Å²) < 4.78 is 17.3. The normalized spacial score (nSPS) is 14.9. The minimum Gasteiger partial charge on any atom is -0.488 e. The first-order valence-corrected chi connectivity index (χ1v) is 9.01. The van der Waals surface area contributed by atoms with Gasteiger partial charge in [0.25, 0.3) is 5.90 Å². The maximum atomic E-state index is 12.1. The summed E-state index contributed by atoms with van der Waals surface area (Å²) in [6.45, 7) is 0.408. The zero-order valence-electron chi connectivity index (χ0n) is 14.1. The van der Waals surface area contributed by atoms with Crippen LogP contribution in [0.25, 0.3) is 6.08 Å². The van der Waals surface area contributed by atoms with E-state index in [0.29, 0.717) is 18.1 Å². The molecule has 0 N–H and O–H groups in total. The lowest BCUT2D eigenvalue weighted by Crippen LogP contribution is -2.04. The van der Waals surface area contributed by atoms with Crippen molar-refractivity contribution in [2.75, 3.05) is 0 Å². The fraction of sp³-hybridized carbons (Fsp3) is 0.0476. The molecular weight excluding hydrogens is 410 g/mol. The standard InChI is InChI=1S/C21H14BrNO4/c22-16-7-3-5-14(11-16)13-26-18-8-2-1-6-15(18)12-17-21(24)27-20(23-17)19-9-4-10-25-19/h1-12H,13H2/b17-12-. The van der Waals surface area contributed by atoms with Crippen LogP contribution in [0.3, 0.4) is 0 Å². The van der Waals surface area contributed by atoms with Crippen molar-refractivity contribution in [2.24, 2.45) is 4.99 Å². The van der Waals surface area contributed by atoms with Gasteiger partial charge in [0.15, 0.2) is 11.5 Å². The highest BCUT2D eigenvalue weighted by atomic mass is 79.9. The molecule has 0 atom stereocenters. The molecule has 3 aromatic rings. The number of cyclic esters (lactones) is 1. The largest absolute Gasteiger partial charge is 0.488 e. The maximum absolute atomic E-state index is 12.1. The number of esters is 1. The van der Waals surface area contributed by atoms with E-state index >= 15 is 0 Å². The number of ether oxygens (including phenoxy) is 2. The molecule has 0 fully saturated rings. The van der Waals surface area contributed by atoms with Gasteiger partial charge in [-0.1, -0.05) is 46.3 Å². The van der Waals surface area contributed by atoms with Crippen LogP contribution < -0.4 is 4.74 Å². The van der Waals surface area contributed by atoms with Crippen molar-refractivity contribution in [1.82, 2.24) is 0 Å². The first kappa shape index (κ1) is 17.3. The summed E-state index contributed by atoms with van der Waals surface area (Å²) in [5.74, 6) is 0.692. The minimum atomic E-state index is -0.525. The van der Waals surface area contributed by atoms with E-state index < -0.39 is 5.97 Å². The topological polar surface area (TPSA) is 61.0 Å². The van der Waals surface area contributed by atoms with Crippen molar-refractivity contribution < 1.29 is 18.7 Å². The molecule has 2 aromatic carbocycles. The van der Waals surface area contributed by atoms with E-state index in [2.05, 4.69) is 20.9 Å². The molecule has 0 saturated carbocycles. The predicted molar refractivity (Wildman–Crippen MR) is 104 cm³/mol. The number of carbonyl (C=O) groups excluding carboxylic acids is 1. The Balaban J connectivity index is 1.57. The summed E-state index contributed by atoms with van der Waals surface area (Å²) in [6.07, 6.45) is 3.15. The molecule has 1 aromatic heterocycles. The summed E-state index contributed by atoms with van der Waals surface area (Å²) >= 11 is 3.45. The van der Waals surface area contributed by atoms with Crippen LogP contribution in [0.4, 0.5) is 0 Å². The van der Waals surface area contributed by atoms with Gasteiger partial charge in [0.1, 0.15) is 12.4 Å². The maximum Gasteiger partial charge on any atom is 0.363 e. The summed E-state index contributed by atoms with van der Waals surface area (Å²) in [5, 5.41) is 0. The summed E-state index contributed by atoms with van der Waals surface area (Å²) in [4.78, 5) is 16.3. The van der Waals surface area contributed by atoms with Gasteiger partial charge in [-0.3, -0.25) is 0 Å². The molecule has 0 unspecified atom stereocenters. The number of halogens is 1. The fourth-order valence-electron chi connectivity index (χ4n) is 2.58. The van der Waals surface area contributed by atoms with Gasteiger partial charge in [0.2, 0.25) is 0 Å². The lowest BCUT2D eigenvalue weighted by Gasteiger charge is -2.09. The molecule has 27 heavy (non-hydrogen) atoms. The molecule has 1 aliphatic heterocycles. The average Bonchev–Trinajstić information content (AvgIpc) is 3.31. The summed E-state index contributed by atoms with van der Waals surface area (Å²) in [5.41, 5.74) is 1.97. The Morgan fingerprint density at radius 3 is 2.78 bits per heavy atom. The Kier molecular flexibility index (Phi) is 4.89. The number of benzene rings is 2. The second-order valence-corrected chi connectivity index (χ2v) is 6.69. The molecule has 0 radical (unpaired) electrons. The third-order valence-electron chi connectivity index (χ3n) is 3.85. The molecule has 134 valence electrons. The molecular formula is C21H14BrNO4. The second-order valence-electron chi connectivity index (χ2n) is 5.77. The number of hydrogen-bond donors (Lipinski definition) is 0. The first-order chi connectivity index (χ1) is 13.2. The number of furan rings is 1. The Labute approximate surface area is 164 Å². The molecule has 5 nitrogen and oxygen atoms in total. The third kappa shape index (κ3) is 4.01.